The summed E-state index contributed by atoms with van der Waals surface area (Å²) < 4.78 is 34.0. The fourth-order valence-corrected chi connectivity index (χ4v) is 6.91. The summed E-state index contributed by atoms with van der Waals surface area (Å²) in [6.45, 7) is 8.88. The fourth-order valence-electron chi connectivity index (χ4n) is 6.91. The second kappa shape index (κ2) is 8.84. The van der Waals surface area contributed by atoms with E-state index >= 15 is 4.39 Å². The molecular weight excluding hydrogens is 456 g/mol. The van der Waals surface area contributed by atoms with E-state index in [0.29, 0.717) is 13.2 Å². The van der Waals surface area contributed by atoms with Crippen LogP contribution in [0.4, 0.5) is 8.78 Å². The first-order valence-corrected chi connectivity index (χ1v) is 13.4. The van der Waals surface area contributed by atoms with Gasteiger partial charge < -0.3 is 9.72 Å². The number of aromatic nitrogens is 1. The molecule has 4 nitrogen and oxygen atoms in total. The summed E-state index contributed by atoms with van der Waals surface area (Å²) in [4.78, 5) is 8.44. The Kier molecular flexibility index (Phi) is 5.88. The smallest absolute Gasteiger partial charge is 0.119 e. The molecule has 1 fully saturated rings. The van der Waals surface area contributed by atoms with Gasteiger partial charge in [-0.2, -0.15) is 0 Å². The lowest BCUT2D eigenvalue weighted by Gasteiger charge is -2.50. The molecule has 2 aromatic carbocycles. The summed E-state index contributed by atoms with van der Waals surface area (Å²) in [5.74, 6) is 1.08. The third-order valence-corrected chi connectivity index (χ3v) is 8.50. The first kappa shape index (κ1) is 23.9. The van der Waals surface area contributed by atoms with Gasteiger partial charge in [0.25, 0.3) is 0 Å². The zero-order chi connectivity index (χ0) is 25.1. The Labute approximate surface area is 212 Å². The van der Waals surface area contributed by atoms with E-state index in [2.05, 4.69) is 64.2 Å². The predicted molar refractivity (Wildman–Crippen MR) is 140 cm³/mol. The first-order chi connectivity index (χ1) is 17.3. The van der Waals surface area contributed by atoms with E-state index in [1.54, 1.807) is 13.8 Å². The minimum Gasteiger partial charge on any atom is -0.492 e. The molecule has 0 bridgehead atoms. The summed E-state index contributed by atoms with van der Waals surface area (Å²) in [6.07, 6.45) is 2.76. The maximum absolute atomic E-state index is 15.2. The number of benzene rings is 2. The van der Waals surface area contributed by atoms with Crippen LogP contribution < -0.4 is 4.74 Å². The standard InChI is InChI=1S/C30H37F2N3O/c1-20-14-25-24-6-4-5-7-27(24)33-28(25)30(35(20)19-29(2,3)32)11-10-22-15-23(8-9-26(22)30)36-13-12-34-17-21(16-31)18-34/h4-9,15,20-21,33H,10-14,16-19H2,1-3H3/t20-,30-/m1/s1. The van der Waals surface area contributed by atoms with Gasteiger partial charge in [-0.3, -0.25) is 14.2 Å². The van der Waals surface area contributed by atoms with Gasteiger partial charge in [0, 0.05) is 54.7 Å². The third kappa shape index (κ3) is 3.93. The predicted octanol–water partition coefficient (Wildman–Crippen LogP) is 5.63. The number of alkyl halides is 2. The van der Waals surface area contributed by atoms with Crippen molar-refractivity contribution in [3.05, 3.63) is 64.8 Å². The fraction of sp³-hybridized carbons (Fsp3) is 0.533. The Morgan fingerprint density at radius 1 is 1.17 bits per heavy atom. The molecule has 3 heterocycles. The van der Waals surface area contributed by atoms with Gasteiger partial charge in [0.15, 0.2) is 0 Å². The van der Waals surface area contributed by atoms with Crippen LogP contribution >= 0.6 is 0 Å². The SMILES string of the molecule is C[C@@H]1Cc2c([nH]c3ccccc23)[C@]2(CCc3cc(OCCN4CC(CF)C4)ccc32)N1CC(C)(C)F. The zero-order valence-corrected chi connectivity index (χ0v) is 21.6. The highest BCUT2D eigenvalue weighted by molar-refractivity contribution is 5.86. The highest BCUT2D eigenvalue weighted by atomic mass is 19.1. The monoisotopic (exact) mass is 493 g/mol. The van der Waals surface area contributed by atoms with Gasteiger partial charge in [-0.15, -0.1) is 0 Å². The molecule has 0 unspecified atom stereocenters. The van der Waals surface area contributed by atoms with Crippen LogP contribution in [0.3, 0.4) is 0 Å². The summed E-state index contributed by atoms with van der Waals surface area (Å²) in [6, 6.07) is 15.2. The van der Waals surface area contributed by atoms with Crippen LogP contribution in [0, 0.1) is 5.92 Å². The Balaban J connectivity index is 1.34. The minimum absolute atomic E-state index is 0.200. The molecule has 1 aromatic heterocycles. The van der Waals surface area contributed by atoms with Gasteiger partial charge in [-0.1, -0.05) is 24.3 Å². The molecule has 0 saturated carbocycles. The van der Waals surface area contributed by atoms with E-state index in [9.17, 15) is 4.39 Å². The number of fused-ring (bicyclic) bond motifs is 6. The molecule has 0 amide bonds. The van der Waals surface area contributed by atoms with Crippen molar-refractivity contribution >= 4 is 10.9 Å². The number of nitrogens with zero attached hydrogens (tertiary/aromatic N) is 2. The molecule has 6 heteroatoms. The lowest BCUT2D eigenvalue weighted by molar-refractivity contribution is 0.0105. The van der Waals surface area contributed by atoms with Crippen LogP contribution in [0.25, 0.3) is 10.9 Å². The van der Waals surface area contributed by atoms with Crippen molar-refractivity contribution < 1.29 is 13.5 Å². The van der Waals surface area contributed by atoms with Crippen molar-refractivity contribution in [3.63, 3.8) is 0 Å². The normalized spacial score (nSPS) is 24.8. The van der Waals surface area contributed by atoms with Crippen molar-refractivity contribution in [3.8, 4) is 5.75 Å². The van der Waals surface area contributed by atoms with E-state index < -0.39 is 5.67 Å². The number of hydrogen-bond donors (Lipinski definition) is 1. The van der Waals surface area contributed by atoms with Gasteiger partial charge in [0.2, 0.25) is 0 Å². The zero-order valence-electron chi connectivity index (χ0n) is 21.6. The van der Waals surface area contributed by atoms with Gasteiger partial charge >= 0.3 is 0 Å². The molecule has 6 rings (SSSR count). The van der Waals surface area contributed by atoms with Gasteiger partial charge in [0.1, 0.15) is 18.0 Å². The maximum Gasteiger partial charge on any atom is 0.119 e. The number of ether oxygens (including phenoxy) is 1. The highest BCUT2D eigenvalue weighted by Gasteiger charge is 2.53. The number of aromatic amines is 1. The quantitative estimate of drug-likeness (QED) is 0.463. The average molecular weight is 494 g/mol. The molecule has 0 radical (unpaired) electrons. The molecule has 2 atom stereocenters. The van der Waals surface area contributed by atoms with E-state index in [1.807, 2.05) is 0 Å². The van der Waals surface area contributed by atoms with E-state index in [1.165, 1.54) is 27.8 Å². The molecule has 192 valence electrons. The van der Waals surface area contributed by atoms with E-state index in [-0.39, 0.29) is 24.2 Å². The van der Waals surface area contributed by atoms with Crippen LogP contribution in [0.5, 0.6) is 5.75 Å². The van der Waals surface area contributed by atoms with E-state index in [0.717, 1.165) is 50.2 Å². The number of halogens is 2. The lowest BCUT2D eigenvalue weighted by Crippen LogP contribution is -2.57. The number of para-hydroxylation sites is 1. The molecule has 3 aromatic rings. The molecule has 1 aliphatic carbocycles. The first-order valence-electron chi connectivity index (χ1n) is 13.4. The van der Waals surface area contributed by atoms with Crippen LogP contribution in [-0.2, 0) is 18.4 Å². The molecule has 1 saturated heterocycles. The van der Waals surface area contributed by atoms with Crippen LogP contribution in [-0.4, -0.2) is 66.0 Å². The number of nitrogens with one attached hydrogen (secondary N) is 1. The van der Waals surface area contributed by atoms with Crippen molar-refractivity contribution in [2.24, 2.45) is 5.92 Å². The number of likely N-dealkylation sites (tertiary alicyclic amines) is 1. The molecular formula is C30H37F2N3O. The van der Waals surface area contributed by atoms with Crippen LogP contribution in [0.1, 0.15) is 49.6 Å². The Morgan fingerprint density at radius 3 is 2.75 bits per heavy atom. The van der Waals surface area contributed by atoms with Gasteiger partial charge in [-0.05, 0) is 74.9 Å². The van der Waals surface area contributed by atoms with Crippen molar-refractivity contribution in [1.29, 1.82) is 0 Å². The van der Waals surface area contributed by atoms with Crippen molar-refractivity contribution in [2.45, 2.75) is 57.3 Å². The second-order valence-corrected chi connectivity index (χ2v) is 11.7. The van der Waals surface area contributed by atoms with E-state index in [4.69, 9.17) is 4.74 Å². The maximum atomic E-state index is 15.2. The Hall–Kier alpha value is -2.44. The number of aryl methyl sites for hydroxylation is 1. The number of hydrogen-bond acceptors (Lipinski definition) is 3. The summed E-state index contributed by atoms with van der Waals surface area (Å²) in [5.41, 5.74) is 4.65. The number of H-pyrrole nitrogens is 1. The summed E-state index contributed by atoms with van der Waals surface area (Å²) in [5, 5.41) is 1.28. The van der Waals surface area contributed by atoms with Crippen molar-refractivity contribution in [2.75, 3.05) is 39.5 Å². The lowest BCUT2D eigenvalue weighted by atomic mass is 9.77. The number of rotatable bonds is 7. The summed E-state index contributed by atoms with van der Waals surface area (Å²) >= 11 is 0. The molecule has 1 spiro atoms. The second-order valence-electron chi connectivity index (χ2n) is 11.7. The average Bonchev–Trinajstić information content (AvgIpc) is 3.37. The minimum atomic E-state index is -1.30. The molecule has 2 aliphatic heterocycles. The largest absolute Gasteiger partial charge is 0.492 e. The van der Waals surface area contributed by atoms with Crippen molar-refractivity contribution in [1.82, 2.24) is 14.8 Å². The summed E-state index contributed by atoms with van der Waals surface area (Å²) in [7, 11) is 0. The van der Waals surface area contributed by atoms with Crippen LogP contribution in [0.15, 0.2) is 42.5 Å². The third-order valence-electron chi connectivity index (χ3n) is 8.50. The Morgan fingerprint density at radius 2 is 1.97 bits per heavy atom. The van der Waals surface area contributed by atoms with Gasteiger partial charge in [-0.25, -0.2) is 4.39 Å². The molecule has 3 aliphatic rings. The van der Waals surface area contributed by atoms with Gasteiger partial charge in [0.05, 0.1) is 12.2 Å². The highest BCUT2D eigenvalue weighted by Crippen LogP contribution is 2.53. The molecule has 1 N–H and O–H groups in total. The topological polar surface area (TPSA) is 31.5 Å². The molecule has 36 heavy (non-hydrogen) atoms. The van der Waals surface area contributed by atoms with Crippen LogP contribution in [0.2, 0.25) is 0 Å². The Bertz CT molecular complexity index is 1260.